The summed E-state index contributed by atoms with van der Waals surface area (Å²) in [6.07, 6.45) is 9.01. The summed E-state index contributed by atoms with van der Waals surface area (Å²) in [5.41, 5.74) is -0.857. The van der Waals surface area contributed by atoms with E-state index in [0.717, 1.165) is 19.3 Å². The summed E-state index contributed by atoms with van der Waals surface area (Å²) >= 11 is 0. The fourth-order valence-electron chi connectivity index (χ4n) is 6.51. The van der Waals surface area contributed by atoms with Gasteiger partial charge in [0, 0.05) is 19.2 Å². The first-order valence-corrected chi connectivity index (χ1v) is 12.6. The third-order valence-electron chi connectivity index (χ3n) is 7.70. The van der Waals surface area contributed by atoms with Gasteiger partial charge in [0.05, 0.1) is 23.8 Å². The maximum atomic E-state index is 13.4. The molecule has 1 aromatic rings. The first kappa shape index (κ1) is 25.3. The van der Waals surface area contributed by atoms with Crippen molar-refractivity contribution in [1.29, 1.82) is 0 Å². The third kappa shape index (κ3) is 5.23. The van der Waals surface area contributed by atoms with E-state index in [2.05, 4.69) is 15.7 Å². The maximum absolute atomic E-state index is 13.4. The second kappa shape index (κ2) is 9.32. The molecule has 0 spiro atoms. The van der Waals surface area contributed by atoms with E-state index in [0.29, 0.717) is 36.8 Å². The summed E-state index contributed by atoms with van der Waals surface area (Å²) in [6.45, 7) is 9.68. The highest BCUT2D eigenvalue weighted by molar-refractivity contribution is 5.96. The smallest absolute Gasteiger partial charge is 0.309 e. The molecule has 2 atom stereocenters. The Morgan fingerprint density at radius 3 is 2.49 bits per heavy atom. The number of nitrogens with one attached hydrogen (secondary N) is 2. The zero-order chi connectivity index (χ0) is 25.5. The Bertz CT molecular complexity index is 1010. The Hall–Kier alpha value is -2.84. The van der Waals surface area contributed by atoms with Crippen LogP contribution in [0, 0.1) is 29.1 Å². The van der Waals surface area contributed by atoms with E-state index in [1.54, 1.807) is 12.3 Å². The summed E-state index contributed by atoms with van der Waals surface area (Å²) in [5, 5.41) is 20.3. The van der Waals surface area contributed by atoms with Crippen LogP contribution < -0.4 is 15.4 Å². The number of carboxylic acids is 1. The number of carbonyl (C=O) groups is 3. The Morgan fingerprint density at radius 2 is 1.91 bits per heavy atom. The van der Waals surface area contributed by atoms with Gasteiger partial charge in [-0.05, 0) is 75.7 Å². The molecule has 5 rings (SSSR count). The van der Waals surface area contributed by atoms with Gasteiger partial charge in [-0.15, -0.1) is 0 Å². The molecular formula is C26H38N4O5. The minimum Gasteiger partial charge on any atom is -0.481 e. The zero-order valence-electron chi connectivity index (χ0n) is 21.3. The average Bonchev–Trinajstić information content (AvgIpc) is 3.15. The quantitative estimate of drug-likeness (QED) is 0.492. The molecule has 4 aliphatic rings. The third-order valence-corrected chi connectivity index (χ3v) is 7.70. The Kier molecular flexibility index (Phi) is 6.72. The lowest BCUT2D eigenvalue weighted by molar-refractivity contribution is -0.166. The number of carbonyl (C=O) groups excluding carboxylic acids is 2. The van der Waals surface area contributed by atoms with Crippen LogP contribution in [0.25, 0.3) is 6.20 Å². The topological polar surface area (TPSA) is 123 Å². The summed E-state index contributed by atoms with van der Waals surface area (Å²) in [6, 6.07) is -0.0259. The number of aromatic nitrogens is 2. The van der Waals surface area contributed by atoms with Gasteiger partial charge in [0.15, 0.2) is 0 Å². The molecule has 0 aromatic carbocycles. The Balaban J connectivity index is 1.54. The van der Waals surface area contributed by atoms with Crippen LogP contribution in [0.2, 0.25) is 0 Å². The van der Waals surface area contributed by atoms with Crippen molar-refractivity contribution in [1.82, 2.24) is 20.4 Å². The number of hydrogen-bond donors (Lipinski definition) is 3. The molecular weight excluding hydrogens is 448 g/mol. The first-order valence-electron chi connectivity index (χ1n) is 12.6. The predicted octanol–water partition coefficient (Wildman–Crippen LogP) is 3.31. The fraction of sp³-hybridized carbons (Fsp3) is 0.692. The van der Waals surface area contributed by atoms with Crippen molar-refractivity contribution >= 4 is 24.0 Å². The molecule has 0 saturated heterocycles. The van der Waals surface area contributed by atoms with Gasteiger partial charge >= 0.3 is 5.97 Å². The Morgan fingerprint density at radius 1 is 1.26 bits per heavy atom. The van der Waals surface area contributed by atoms with Crippen molar-refractivity contribution in [3.8, 4) is 5.88 Å². The van der Waals surface area contributed by atoms with Crippen molar-refractivity contribution in [2.45, 2.75) is 78.3 Å². The monoisotopic (exact) mass is 486 g/mol. The molecule has 0 aliphatic heterocycles. The van der Waals surface area contributed by atoms with Gasteiger partial charge < -0.3 is 20.5 Å². The average molecular weight is 487 g/mol. The predicted molar refractivity (Wildman–Crippen MR) is 131 cm³/mol. The standard InChI is InChI=1S/C26H38N4O5/c1-15(2)14-35-23-20(13-27-30(23)7-6-25(4,5)29-16(3)31)22(32)28-21-18-8-17-9-19(21)12-26(10-17,11-18)24(33)34/h6-7,13,15,17-19,21H,8-12,14H2,1-5H3,(H,28,32)(H,29,31)(H,33,34)/b7-6+. The van der Waals surface area contributed by atoms with Crippen LogP contribution in [0.5, 0.6) is 5.88 Å². The van der Waals surface area contributed by atoms with Gasteiger partial charge in [0.2, 0.25) is 11.8 Å². The summed E-state index contributed by atoms with van der Waals surface area (Å²) in [5.74, 6) is 0.373. The lowest BCUT2D eigenvalue weighted by Crippen LogP contribution is -2.61. The summed E-state index contributed by atoms with van der Waals surface area (Å²) in [4.78, 5) is 36.9. The molecule has 9 heteroatoms. The van der Waals surface area contributed by atoms with Crippen LogP contribution in [0.1, 0.15) is 77.1 Å². The molecule has 192 valence electrons. The van der Waals surface area contributed by atoms with E-state index in [-0.39, 0.29) is 35.6 Å². The number of amides is 2. The normalized spacial score (nSPS) is 29.5. The maximum Gasteiger partial charge on any atom is 0.309 e. The van der Waals surface area contributed by atoms with Gasteiger partial charge in [-0.1, -0.05) is 13.8 Å². The molecule has 2 amide bonds. The van der Waals surface area contributed by atoms with E-state index < -0.39 is 16.9 Å². The molecule has 4 fully saturated rings. The van der Waals surface area contributed by atoms with Gasteiger partial charge in [-0.2, -0.15) is 5.10 Å². The largest absolute Gasteiger partial charge is 0.481 e. The van der Waals surface area contributed by atoms with E-state index in [4.69, 9.17) is 4.74 Å². The number of nitrogens with zero attached hydrogens (tertiary/aromatic N) is 2. The molecule has 9 nitrogen and oxygen atoms in total. The minimum absolute atomic E-state index is 0.0259. The molecule has 3 N–H and O–H groups in total. The number of ether oxygens (including phenoxy) is 1. The molecule has 4 saturated carbocycles. The van der Waals surface area contributed by atoms with Crippen molar-refractivity contribution in [3.05, 3.63) is 17.8 Å². The van der Waals surface area contributed by atoms with Crippen LogP contribution in [-0.2, 0) is 9.59 Å². The highest BCUT2D eigenvalue weighted by Gasteiger charge is 2.59. The first-order chi connectivity index (χ1) is 16.4. The molecule has 0 radical (unpaired) electrons. The Labute approximate surface area is 206 Å². The molecule has 35 heavy (non-hydrogen) atoms. The van der Waals surface area contributed by atoms with Crippen LogP contribution in [0.4, 0.5) is 0 Å². The summed E-state index contributed by atoms with van der Waals surface area (Å²) < 4.78 is 7.54. The molecule has 4 bridgehead atoms. The van der Waals surface area contributed by atoms with Crippen molar-refractivity contribution in [2.24, 2.45) is 29.1 Å². The van der Waals surface area contributed by atoms with Crippen LogP contribution in [-0.4, -0.2) is 50.9 Å². The summed E-state index contributed by atoms with van der Waals surface area (Å²) in [7, 11) is 0. The van der Waals surface area contributed by atoms with Crippen LogP contribution >= 0.6 is 0 Å². The second-order valence-electron chi connectivity index (χ2n) is 11.8. The highest BCUT2D eigenvalue weighted by Crippen LogP contribution is 2.60. The van der Waals surface area contributed by atoms with Gasteiger partial charge in [-0.3, -0.25) is 14.4 Å². The van der Waals surface area contributed by atoms with Crippen molar-refractivity contribution < 1.29 is 24.2 Å². The van der Waals surface area contributed by atoms with E-state index in [1.165, 1.54) is 17.8 Å². The molecule has 1 heterocycles. The molecule has 2 unspecified atom stereocenters. The molecule has 4 aliphatic carbocycles. The zero-order valence-corrected chi connectivity index (χ0v) is 21.3. The van der Waals surface area contributed by atoms with E-state index in [1.807, 2.05) is 27.7 Å². The lowest BCUT2D eigenvalue weighted by Gasteiger charge is -2.58. The number of hydrogen-bond acceptors (Lipinski definition) is 5. The number of carboxylic acid groups (broad SMARTS) is 1. The number of aliphatic carboxylic acids is 1. The highest BCUT2D eigenvalue weighted by atomic mass is 16.5. The van der Waals surface area contributed by atoms with Crippen LogP contribution in [0.15, 0.2) is 12.3 Å². The van der Waals surface area contributed by atoms with Gasteiger partial charge in [0.1, 0.15) is 5.56 Å². The van der Waals surface area contributed by atoms with E-state index in [9.17, 15) is 19.5 Å². The lowest BCUT2D eigenvalue weighted by atomic mass is 9.48. The fourth-order valence-corrected chi connectivity index (χ4v) is 6.51. The second-order valence-corrected chi connectivity index (χ2v) is 11.8. The number of rotatable bonds is 9. The SMILES string of the molecule is CC(=O)NC(C)(C)/C=C/n1ncc(C(=O)NC2C3CC4CC2CC(C(=O)O)(C4)C3)c1OCC(C)C. The van der Waals surface area contributed by atoms with Gasteiger partial charge in [0.25, 0.3) is 5.91 Å². The van der Waals surface area contributed by atoms with E-state index >= 15 is 0 Å². The van der Waals surface area contributed by atoms with Crippen LogP contribution in [0.3, 0.4) is 0 Å². The van der Waals surface area contributed by atoms with Gasteiger partial charge in [-0.25, -0.2) is 4.68 Å². The van der Waals surface area contributed by atoms with Crippen molar-refractivity contribution in [2.75, 3.05) is 6.61 Å². The minimum atomic E-state index is -0.679. The molecule has 1 aromatic heterocycles. The van der Waals surface area contributed by atoms with Crippen molar-refractivity contribution in [3.63, 3.8) is 0 Å².